The maximum Gasteiger partial charge on any atom is 0.360 e. The number of nitrogens with one attached hydrogen (secondary N) is 1. The van der Waals surface area contributed by atoms with Crippen molar-refractivity contribution in [1.29, 1.82) is 0 Å². The average Bonchev–Trinajstić information content (AvgIpc) is 3.21. The van der Waals surface area contributed by atoms with Gasteiger partial charge in [0.1, 0.15) is 0 Å². The number of anilines is 1. The number of carbonyl (C=O) groups excluding carboxylic acids is 1. The van der Waals surface area contributed by atoms with Crippen molar-refractivity contribution in [1.82, 2.24) is 14.7 Å². The number of fused-ring (bicyclic) bond motifs is 1. The molecule has 0 radical (unpaired) electrons. The first-order valence-corrected chi connectivity index (χ1v) is 14.5. The van der Waals surface area contributed by atoms with Crippen LogP contribution < -0.4 is 9.62 Å². The maximum absolute atomic E-state index is 13.2. The van der Waals surface area contributed by atoms with Gasteiger partial charge in [0.25, 0.3) is 0 Å². The lowest BCUT2D eigenvalue weighted by Crippen LogP contribution is -2.53. The van der Waals surface area contributed by atoms with Crippen LogP contribution in [0.5, 0.6) is 0 Å². The third-order valence-corrected chi connectivity index (χ3v) is 10.8. The highest BCUT2D eigenvalue weighted by Crippen LogP contribution is 2.57. The molecule has 198 valence electrons. The van der Waals surface area contributed by atoms with Crippen LogP contribution >= 0.6 is 23.2 Å². The van der Waals surface area contributed by atoms with Gasteiger partial charge in [0, 0.05) is 41.0 Å². The molecule has 2 atom stereocenters. The Hall–Kier alpha value is -2.36. The minimum atomic E-state index is -1.18. The predicted molar refractivity (Wildman–Crippen MR) is 150 cm³/mol. The molecule has 1 N–H and O–H groups in total. The third-order valence-electron chi connectivity index (χ3n) is 8.40. The zero-order chi connectivity index (χ0) is 26.8. The lowest BCUT2D eigenvalue weighted by atomic mass is 9.72. The number of carbonyl (C=O) groups is 1. The van der Waals surface area contributed by atoms with Crippen LogP contribution in [0.3, 0.4) is 0 Å². The number of ether oxygens (including phenoxy) is 1. The number of benzene rings is 2. The summed E-state index contributed by atoms with van der Waals surface area (Å²) in [6, 6.07) is 11.7. The first kappa shape index (κ1) is 25.9. The summed E-state index contributed by atoms with van der Waals surface area (Å²) in [4.78, 5) is 24.2. The number of esters is 1. The number of nitrogens with zero attached hydrogens (tertiary/aromatic N) is 3. The molecule has 1 spiro atoms. The van der Waals surface area contributed by atoms with Gasteiger partial charge >= 0.3 is 5.97 Å². The molecule has 2 aromatic carbocycles. The second kappa shape index (κ2) is 9.38. The molecule has 0 saturated carbocycles. The van der Waals surface area contributed by atoms with Crippen molar-refractivity contribution in [3.63, 3.8) is 0 Å². The molecule has 0 unspecified atom stereocenters. The second-order valence-corrected chi connectivity index (χ2v) is 13.3. The van der Waals surface area contributed by atoms with E-state index in [1.807, 2.05) is 13.8 Å². The van der Waals surface area contributed by atoms with Gasteiger partial charge in [-0.25, -0.2) is 14.8 Å². The Morgan fingerprint density at radius 3 is 2.66 bits per heavy atom. The topological polar surface area (TPSA) is 90.4 Å². The maximum atomic E-state index is 13.2. The molecule has 1 saturated heterocycles. The molecule has 6 rings (SSSR count). The molecule has 3 aliphatic rings. The molecule has 3 aromatic rings. The van der Waals surface area contributed by atoms with Crippen molar-refractivity contribution in [2.75, 3.05) is 25.1 Å². The quantitative estimate of drug-likeness (QED) is 0.322. The lowest BCUT2D eigenvalue weighted by molar-refractivity contribution is 0.0594. The summed E-state index contributed by atoms with van der Waals surface area (Å²) >= 11 is 11.4. The number of halogens is 2. The van der Waals surface area contributed by atoms with Crippen LogP contribution in [0.4, 0.5) is 5.82 Å². The van der Waals surface area contributed by atoms with E-state index >= 15 is 0 Å². The Bertz CT molecular complexity index is 1440. The number of methoxy groups -OCH3 is 1. The van der Waals surface area contributed by atoms with E-state index in [0.717, 1.165) is 19.3 Å². The van der Waals surface area contributed by atoms with Crippen molar-refractivity contribution in [3.05, 3.63) is 75.0 Å². The van der Waals surface area contributed by atoms with Gasteiger partial charge in [-0.3, -0.25) is 0 Å². The summed E-state index contributed by atoms with van der Waals surface area (Å²) in [6.45, 7) is 5.46. The van der Waals surface area contributed by atoms with Crippen LogP contribution in [-0.4, -0.2) is 40.7 Å². The molecule has 0 amide bonds. The number of rotatable bonds is 3. The second-order valence-electron chi connectivity index (χ2n) is 10.8. The van der Waals surface area contributed by atoms with E-state index in [9.17, 15) is 9.35 Å². The van der Waals surface area contributed by atoms with Gasteiger partial charge in [0.05, 0.1) is 35.1 Å². The highest BCUT2D eigenvalue weighted by atomic mass is 35.5. The van der Waals surface area contributed by atoms with Gasteiger partial charge in [0.15, 0.2) is 16.3 Å². The fraction of sp³-hybridized carbons (Fsp3) is 0.393. The van der Waals surface area contributed by atoms with Crippen LogP contribution in [-0.2, 0) is 27.3 Å². The number of piperidine rings is 1. The van der Waals surface area contributed by atoms with Crippen LogP contribution in [0.15, 0.2) is 42.6 Å². The molecule has 1 fully saturated rings. The smallest absolute Gasteiger partial charge is 0.360 e. The molecule has 1 aromatic heterocycles. The Labute approximate surface area is 235 Å². The van der Waals surface area contributed by atoms with E-state index < -0.39 is 22.1 Å². The van der Waals surface area contributed by atoms with Crippen molar-refractivity contribution >= 4 is 46.4 Å². The van der Waals surface area contributed by atoms with Gasteiger partial charge in [-0.2, -0.15) is 0 Å². The molecular weight excluding hydrogens is 543 g/mol. The Morgan fingerprint density at radius 1 is 1.18 bits per heavy atom. The van der Waals surface area contributed by atoms with Gasteiger partial charge in [-0.15, -0.1) is 4.72 Å². The SMILES string of the molecule is COC(=O)c1nc(-c2cccc(Cl)c2Cl)cnc1N1CCC2(CC1)Cc1cccc3c1[C@H]2N[S@+]([O-])C3(C)C. The predicted octanol–water partition coefficient (Wildman–Crippen LogP) is 5.62. The molecule has 7 nitrogen and oxygen atoms in total. The van der Waals surface area contributed by atoms with Gasteiger partial charge < -0.3 is 14.2 Å². The molecular formula is C28H28Cl2N4O3S. The van der Waals surface area contributed by atoms with Gasteiger partial charge in [0.2, 0.25) is 0 Å². The fourth-order valence-electron chi connectivity index (χ4n) is 6.27. The van der Waals surface area contributed by atoms with E-state index in [1.54, 1.807) is 24.4 Å². The zero-order valence-electron chi connectivity index (χ0n) is 21.4. The Morgan fingerprint density at radius 2 is 1.92 bits per heavy atom. The van der Waals surface area contributed by atoms with E-state index in [-0.39, 0.29) is 17.2 Å². The first-order chi connectivity index (χ1) is 18.2. The van der Waals surface area contributed by atoms with E-state index in [4.69, 9.17) is 27.9 Å². The minimum Gasteiger partial charge on any atom is -0.597 e. The Kier molecular flexibility index (Phi) is 6.39. The summed E-state index contributed by atoms with van der Waals surface area (Å²) in [6.07, 6.45) is 4.28. The van der Waals surface area contributed by atoms with E-state index in [1.165, 1.54) is 23.8 Å². The van der Waals surface area contributed by atoms with Gasteiger partial charge in [-0.05, 0) is 50.3 Å². The van der Waals surface area contributed by atoms with Crippen LogP contribution in [0, 0.1) is 5.41 Å². The van der Waals surface area contributed by atoms with Crippen LogP contribution in [0.1, 0.15) is 59.9 Å². The van der Waals surface area contributed by atoms with Crippen LogP contribution in [0.2, 0.25) is 10.0 Å². The minimum absolute atomic E-state index is 0.0446. The fourth-order valence-corrected chi connectivity index (χ4v) is 7.92. The van der Waals surface area contributed by atoms with Crippen molar-refractivity contribution in [2.24, 2.45) is 5.41 Å². The summed E-state index contributed by atoms with van der Waals surface area (Å²) in [5.74, 6) is -0.0663. The van der Waals surface area contributed by atoms with Crippen molar-refractivity contribution in [3.8, 4) is 11.3 Å². The van der Waals surface area contributed by atoms with E-state index in [0.29, 0.717) is 40.2 Å². The van der Waals surface area contributed by atoms with E-state index in [2.05, 4.69) is 37.8 Å². The molecule has 1 aliphatic carbocycles. The summed E-state index contributed by atoms with van der Waals surface area (Å²) in [5, 5.41) is 0.755. The number of hydrogen-bond donors (Lipinski definition) is 1. The highest BCUT2D eigenvalue weighted by molar-refractivity contribution is 7.90. The summed E-state index contributed by atoms with van der Waals surface area (Å²) in [5.41, 5.74) is 5.00. The van der Waals surface area contributed by atoms with Crippen molar-refractivity contribution in [2.45, 2.75) is 43.9 Å². The largest absolute Gasteiger partial charge is 0.597 e. The molecule has 3 heterocycles. The number of hydrogen-bond acceptors (Lipinski definition) is 7. The number of aromatic nitrogens is 2. The normalized spacial score (nSPS) is 22.8. The molecule has 38 heavy (non-hydrogen) atoms. The Balaban J connectivity index is 1.30. The summed E-state index contributed by atoms with van der Waals surface area (Å²) in [7, 11) is 1.34. The zero-order valence-corrected chi connectivity index (χ0v) is 23.7. The highest BCUT2D eigenvalue weighted by Gasteiger charge is 2.56. The molecule has 10 heteroatoms. The lowest BCUT2D eigenvalue weighted by Gasteiger charge is -2.46. The van der Waals surface area contributed by atoms with Crippen LogP contribution in [0.25, 0.3) is 11.3 Å². The third kappa shape index (κ3) is 3.92. The molecule has 0 bridgehead atoms. The standard InChI is InChI=1S/C28H28Cl2N4O3S/c1-27(2)18-8-4-6-16-14-28(24(21(16)18)33-38(27)36)10-12-34(13-11-28)25-23(26(35)37-3)32-20(15-31-25)17-7-5-9-19(29)22(17)30/h4-9,15,24,33H,10-14H2,1-3H3/t24-,38-/m1/s1. The van der Waals surface area contributed by atoms with Gasteiger partial charge in [-0.1, -0.05) is 53.5 Å². The van der Waals surface area contributed by atoms with Crippen molar-refractivity contribution < 1.29 is 14.1 Å². The first-order valence-electron chi connectivity index (χ1n) is 12.6. The monoisotopic (exact) mass is 570 g/mol. The molecule has 2 aliphatic heterocycles. The average molecular weight is 572 g/mol. The summed E-state index contributed by atoms with van der Waals surface area (Å²) < 4.78 is 21.3.